The fourth-order valence-electron chi connectivity index (χ4n) is 3.19. The van der Waals surface area contributed by atoms with E-state index in [0.717, 1.165) is 23.8 Å². The molecular formula is C18H29NO2. The fraction of sp³-hybridized carbons (Fsp3) is 0.667. The SMILES string of the molecule is COCc1cc(C(C)NCC2CCCCC2)ccc1OC. The van der Waals surface area contributed by atoms with Gasteiger partial charge in [-0.1, -0.05) is 25.3 Å². The summed E-state index contributed by atoms with van der Waals surface area (Å²) in [7, 11) is 3.43. The molecule has 1 N–H and O–H groups in total. The van der Waals surface area contributed by atoms with Crippen LogP contribution in [0.5, 0.6) is 5.75 Å². The van der Waals surface area contributed by atoms with Gasteiger partial charge in [0.25, 0.3) is 0 Å². The molecule has 1 aliphatic rings. The van der Waals surface area contributed by atoms with Crippen LogP contribution < -0.4 is 10.1 Å². The maximum atomic E-state index is 5.39. The van der Waals surface area contributed by atoms with Crippen LogP contribution in [0.15, 0.2) is 18.2 Å². The summed E-state index contributed by atoms with van der Waals surface area (Å²) >= 11 is 0. The van der Waals surface area contributed by atoms with Crippen molar-refractivity contribution in [3.05, 3.63) is 29.3 Å². The van der Waals surface area contributed by atoms with Gasteiger partial charge in [0.15, 0.2) is 0 Å². The number of nitrogens with one attached hydrogen (secondary N) is 1. The number of methoxy groups -OCH3 is 2. The van der Waals surface area contributed by atoms with E-state index in [4.69, 9.17) is 9.47 Å². The summed E-state index contributed by atoms with van der Waals surface area (Å²) in [6, 6.07) is 6.76. The molecular weight excluding hydrogens is 262 g/mol. The minimum Gasteiger partial charge on any atom is -0.496 e. The first kappa shape index (κ1) is 16.3. The highest BCUT2D eigenvalue weighted by Crippen LogP contribution is 2.26. The van der Waals surface area contributed by atoms with E-state index in [2.05, 4.69) is 24.4 Å². The Morgan fingerprint density at radius 1 is 1.19 bits per heavy atom. The molecule has 3 nitrogen and oxygen atoms in total. The molecule has 0 spiro atoms. The molecule has 1 unspecified atom stereocenters. The molecule has 0 aliphatic heterocycles. The molecule has 0 radical (unpaired) electrons. The first-order valence-electron chi connectivity index (χ1n) is 8.13. The van der Waals surface area contributed by atoms with Crippen molar-refractivity contribution in [1.82, 2.24) is 5.32 Å². The van der Waals surface area contributed by atoms with Crippen LogP contribution in [0.25, 0.3) is 0 Å². The van der Waals surface area contributed by atoms with Gasteiger partial charge in [-0.25, -0.2) is 0 Å². The van der Waals surface area contributed by atoms with Crippen molar-refractivity contribution in [2.24, 2.45) is 5.92 Å². The molecule has 1 fully saturated rings. The standard InChI is InChI=1S/C18H29NO2/c1-14(19-12-15-7-5-4-6-8-15)16-9-10-18(21-3)17(11-16)13-20-2/h9-11,14-15,19H,4-8,12-13H2,1-3H3. The van der Waals surface area contributed by atoms with Gasteiger partial charge in [0.05, 0.1) is 13.7 Å². The normalized spacial score (nSPS) is 17.7. The van der Waals surface area contributed by atoms with Crippen LogP contribution in [0.2, 0.25) is 0 Å². The smallest absolute Gasteiger partial charge is 0.124 e. The molecule has 2 rings (SSSR count). The summed E-state index contributed by atoms with van der Waals surface area (Å²) in [5, 5.41) is 3.69. The van der Waals surface area contributed by atoms with Gasteiger partial charge in [-0.2, -0.15) is 0 Å². The maximum absolute atomic E-state index is 5.39. The highest BCUT2D eigenvalue weighted by Gasteiger charge is 2.15. The molecule has 0 heterocycles. The summed E-state index contributed by atoms with van der Waals surface area (Å²) in [5.41, 5.74) is 2.42. The predicted molar refractivity (Wildman–Crippen MR) is 86.7 cm³/mol. The number of ether oxygens (including phenoxy) is 2. The second-order valence-electron chi connectivity index (χ2n) is 6.14. The van der Waals surface area contributed by atoms with Gasteiger partial charge in [-0.15, -0.1) is 0 Å². The molecule has 118 valence electrons. The molecule has 1 saturated carbocycles. The Hall–Kier alpha value is -1.06. The number of rotatable bonds is 7. The highest BCUT2D eigenvalue weighted by atomic mass is 16.5. The summed E-state index contributed by atoms with van der Waals surface area (Å²) < 4.78 is 10.6. The largest absolute Gasteiger partial charge is 0.496 e. The average Bonchev–Trinajstić information content (AvgIpc) is 2.54. The predicted octanol–water partition coefficient (Wildman–Crippen LogP) is 4.07. The van der Waals surface area contributed by atoms with E-state index in [-0.39, 0.29) is 0 Å². The molecule has 1 atom stereocenters. The monoisotopic (exact) mass is 291 g/mol. The Balaban J connectivity index is 1.94. The van der Waals surface area contributed by atoms with E-state index in [9.17, 15) is 0 Å². The Labute approximate surface area is 129 Å². The van der Waals surface area contributed by atoms with E-state index in [1.165, 1.54) is 37.7 Å². The van der Waals surface area contributed by atoms with Crippen molar-refractivity contribution in [3.63, 3.8) is 0 Å². The molecule has 1 aliphatic carbocycles. The van der Waals surface area contributed by atoms with Crippen LogP contribution in [0.4, 0.5) is 0 Å². The van der Waals surface area contributed by atoms with E-state index >= 15 is 0 Å². The second-order valence-corrected chi connectivity index (χ2v) is 6.14. The zero-order valence-electron chi connectivity index (χ0n) is 13.7. The summed E-state index contributed by atoms with van der Waals surface area (Å²) in [5.74, 6) is 1.76. The molecule has 0 saturated heterocycles. The zero-order chi connectivity index (χ0) is 15.1. The first-order valence-corrected chi connectivity index (χ1v) is 8.13. The average molecular weight is 291 g/mol. The third kappa shape index (κ3) is 4.72. The van der Waals surface area contributed by atoms with Gasteiger partial charge in [-0.3, -0.25) is 0 Å². The molecule has 0 aromatic heterocycles. The lowest BCUT2D eigenvalue weighted by Gasteiger charge is -2.24. The van der Waals surface area contributed by atoms with Gasteiger partial charge in [0, 0.05) is 18.7 Å². The molecule has 0 bridgehead atoms. The van der Waals surface area contributed by atoms with Crippen LogP contribution in [0, 0.1) is 5.92 Å². The number of hydrogen-bond donors (Lipinski definition) is 1. The minimum absolute atomic E-state index is 0.369. The maximum Gasteiger partial charge on any atom is 0.124 e. The van der Waals surface area contributed by atoms with Crippen LogP contribution >= 0.6 is 0 Å². The lowest BCUT2D eigenvalue weighted by Crippen LogP contribution is -2.27. The molecule has 21 heavy (non-hydrogen) atoms. The van der Waals surface area contributed by atoms with Gasteiger partial charge in [0.1, 0.15) is 5.75 Å². The topological polar surface area (TPSA) is 30.5 Å². The van der Waals surface area contributed by atoms with E-state index < -0.39 is 0 Å². The van der Waals surface area contributed by atoms with E-state index in [0.29, 0.717) is 12.6 Å². The molecule has 0 amide bonds. The number of benzene rings is 1. The van der Waals surface area contributed by atoms with Crippen molar-refractivity contribution < 1.29 is 9.47 Å². The molecule has 1 aromatic carbocycles. The van der Waals surface area contributed by atoms with Gasteiger partial charge < -0.3 is 14.8 Å². The van der Waals surface area contributed by atoms with Crippen molar-refractivity contribution in [2.75, 3.05) is 20.8 Å². The van der Waals surface area contributed by atoms with Crippen LogP contribution in [0.1, 0.15) is 56.2 Å². The highest BCUT2D eigenvalue weighted by molar-refractivity contribution is 5.38. The number of hydrogen-bond acceptors (Lipinski definition) is 3. The minimum atomic E-state index is 0.369. The van der Waals surface area contributed by atoms with Crippen molar-refractivity contribution in [1.29, 1.82) is 0 Å². The Morgan fingerprint density at radius 3 is 2.62 bits per heavy atom. The van der Waals surface area contributed by atoms with Crippen LogP contribution in [-0.2, 0) is 11.3 Å². The Morgan fingerprint density at radius 2 is 1.95 bits per heavy atom. The van der Waals surface area contributed by atoms with E-state index in [1.54, 1.807) is 14.2 Å². The van der Waals surface area contributed by atoms with Crippen LogP contribution in [0.3, 0.4) is 0 Å². The van der Waals surface area contributed by atoms with Gasteiger partial charge in [0.2, 0.25) is 0 Å². The summed E-state index contributed by atoms with van der Waals surface area (Å²) in [6.45, 7) is 3.96. The summed E-state index contributed by atoms with van der Waals surface area (Å²) in [4.78, 5) is 0. The lowest BCUT2D eigenvalue weighted by molar-refractivity contribution is 0.181. The third-order valence-corrected chi connectivity index (χ3v) is 4.54. The van der Waals surface area contributed by atoms with Crippen molar-refractivity contribution >= 4 is 0 Å². The fourth-order valence-corrected chi connectivity index (χ4v) is 3.19. The third-order valence-electron chi connectivity index (χ3n) is 4.54. The van der Waals surface area contributed by atoms with Gasteiger partial charge >= 0.3 is 0 Å². The van der Waals surface area contributed by atoms with Crippen LogP contribution in [-0.4, -0.2) is 20.8 Å². The summed E-state index contributed by atoms with van der Waals surface area (Å²) in [6.07, 6.45) is 7.00. The second kappa shape index (κ2) is 8.40. The molecule has 1 aromatic rings. The quantitative estimate of drug-likeness (QED) is 0.821. The van der Waals surface area contributed by atoms with Crippen molar-refractivity contribution in [2.45, 2.75) is 51.7 Å². The van der Waals surface area contributed by atoms with Gasteiger partial charge in [-0.05, 0) is 49.9 Å². The van der Waals surface area contributed by atoms with Crippen molar-refractivity contribution in [3.8, 4) is 5.75 Å². The Kier molecular flexibility index (Phi) is 6.52. The zero-order valence-corrected chi connectivity index (χ0v) is 13.7. The lowest BCUT2D eigenvalue weighted by atomic mass is 9.89. The first-order chi connectivity index (χ1) is 10.2. The Bertz CT molecular complexity index is 427. The van der Waals surface area contributed by atoms with E-state index in [1.807, 2.05) is 6.07 Å². The molecule has 3 heteroatoms.